The number of benzene rings is 4. The number of fused-ring (bicyclic) bond motifs is 2. The van der Waals surface area contributed by atoms with Crippen molar-refractivity contribution in [3.8, 4) is 16.9 Å². The number of ether oxygens (including phenoxy) is 1. The predicted octanol–water partition coefficient (Wildman–Crippen LogP) is 6.01. The molecule has 0 aliphatic heterocycles. The van der Waals surface area contributed by atoms with Crippen molar-refractivity contribution in [1.82, 2.24) is 4.72 Å². The summed E-state index contributed by atoms with van der Waals surface area (Å²) in [6.45, 7) is 3.61. The van der Waals surface area contributed by atoms with Crippen LogP contribution in [0.15, 0.2) is 71.6 Å². The van der Waals surface area contributed by atoms with E-state index in [1.54, 1.807) is 33.1 Å². The highest BCUT2D eigenvalue weighted by Gasteiger charge is 2.25. The van der Waals surface area contributed by atoms with Crippen LogP contribution < -0.4 is 9.46 Å². The molecule has 0 heterocycles. The van der Waals surface area contributed by atoms with Gasteiger partial charge in [-0.15, -0.1) is 0 Å². The molecule has 0 bridgehead atoms. The first-order valence-electron chi connectivity index (χ1n) is 9.62. The zero-order valence-electron chi connectivity index (χ0n) is 16.9. The number of nitrogens with one attached hydrogen (secondary N) is 1. The van der Waals surface area contributed by atoms with Crippen molar-refractivity contribution in [3.63, 3.8) is 0 Å². The maximum Gasteiger partial charge on any atom is 0.241 e. The number of rotatable bonds is 5. The molecule has 30 heavy (non-hydrogen) atoms. The summed E-state index contributed by atoms with van der Waals surface area (Å²) >= 11 is 6.21. The molecule has 0 aliphatic rings. The van der Waals surface area contributed by atoms with Gasteiger partial charge in [0.15, 0.2) is 0 Å². The van der Waals surface area contributed by atoms with Crippen LogP contribution in [0, 0.1) is 0 Å². The highest BCUT2D eigenvalue weighted by Crippen LogP contribution is 2.44. The summed E-state index contributed by atoms with van der Waals surface area (Å²) in [5, 5.41) is 4.18. The molecule has 0 unspecified atom stereocenters. The van der Waals surface area contributed by atoms with Crippen LogP contribution in [-0.2, 0) is 10.0 Å². The van der Waals surface area contributed by atoms with Crippen molar-refractivity contribution >= 4 is 43.2 Å². The molecule has 0 radical (unpaired) electrons. The van der Waals surface area contributed by atoms with E-state index in [0.717, 1.165) is 27.1 Å². The lowest BCUT2D eigenvalue weighted by molar-refractivity contribution is 0.417. The number of methoxy groups -OCH3 is 1. The van der Waals surface area contributed by atoms with Crippen molar-refractivity contribution in [2.45, 2.75) is 24.8 Å². The SMILES string of the molecule is COc1ccc2cc(Cl)ccc2c1-c1c(S(=O)(=O)NC(C)C)ccc2ccccc12. The summed E-state index contributed by atoms with van der Waals surface area (Å²) in [6, 6.07) is 20.4. The molecule has 1 N–H and O–H groups in total. The van der Waals surface area contributed by atoms with Crippen LogP contribution in [0.1, 0.15) is 13.8 Å². The van der Waals surface area contributed by atoms with E-state index in [0.29, 0.717) is 16.3 Å². The van der Waals surface area contributed by atoms with Gasteiger partial charge >= 0.3 is 0 Å². The van der Waals surface area contributed by atoms with Gasteiger partial charge in [0.25, 0.3) is 0 Å². The molecular weight excluding hydrogens is 418 g/mol. The Hall–Kier alpha value is -2.60. The highest BCUT2D eigenvalue weighted by molar-refractivity contribution is 7.89. The number of hydrogen-bond acceptors (Lipinski definition) is 3. The van der Waals surface area contributed by atoms with E-state index in [2.05, 4.69) is 4.72 Å². The van der Waals surface area contributed by atoms with Gasteiger partial charge in [-0.25, -0.2) is 13.1 Å². The molecule has 0 atom stereocenters. The van der Waals surface area contributed by atoms with Crippen LogP contribution >= 0.6 is 11.6 Å². The smallest absolute Gasteiger partial charge is 0.241 e. The number of hydrogen-bond donors (Lipinski definition) is 1. The largest absolute Gasteiger partial charge is 0.496 e. The lowest BCUT2D eigenvalue weighted by atomic mass is 9.93. The lowest BCUT2D eigenvalue weighted by Gasteiger charge is -2.19. The molecular formula is C24H22ClNO3S. The topological polar surface area (TPSA) is 55.4 Å². The van der Waals surface area contributed by atoms with Crippen LogP contribution in [-0.4, -0.2) is 21.6 Å². The average Bonchev–Trinajstić information content (AvgIpc) is 2.71. The molecule has 6 heteroatoms. The Morgan fingerprint density at radius 1 is 0.867 bits per heavy atom. The molecule has 0 aliphatic carbocycles. The molecule has 4 aromatic carbocycles. The molecule has 0 aromatic heterocycles. The van der Waals surface area contributed by atoms with Crippen molar-refractivity contribution in [3.05, 3.63) is 71.8 Å². The van der Waals surface area contributed by atoms with Crippen molar-refractivity contribution in [1.29, 1.82) is 0 Å². The third-order valence-corrected chi connectivity index (χ3v) is 6.92. The van der Waals surface area contributed by atoms with Gasteiger partial charge in [0.2, 0.25) is 10.0 Å². The van der Waals surface area contributed by atoms with E-state index < -0.39 is 10.0 Å². The molecule has 0 fully saturated rings. The van der Waals surface area contributed by atoms with Crippen LogP contribution in [0.25, 0.3) is 32.7 Å². The fourth-order valence-electron chi connectivity index (χ4n) is 3.82. The minimum Gasteiger partial charge on any atom is -0.496 e. The number of halogens is 1. The molecule has 0 saturated heterocycles. The zero-order chi connectivity index (χ0) is 21.5. The summed E-state index contributed by atoms with van der Waals surface area (Å²) < 4.78 is 35.0. The second kappa shape index (κ2) is 7.91. The molecule has 0 saturated carbocycles. The summed E-state index contributed by atoms with van der Waals surface area (Å²) in [6.07, 6.45) is 0. The average molecular weight is 440 g/mol. The molecule has 4 nitrogen and oxygen atoms in total. The normalized spacial score (nSPS) is 12.0. The minimum atomic E-state index is -3.76. The second-order valence-electron chi connectivity index (χ2n) is 7.44. The van der Waals surface area contributed by atoms with E-state index in [-0.39, 0.29) is 10.9 Å². The minimum absolute atomic E-state index is 0.218. The van der Waals surface area contributed by atoms with Gasteiger partial charge in [-0.05, 0) is 59.7 Å². The van der Waals surface area contributed by atoms with Crippen LogP contribution in [0.5, 0.6) is 5.75 Å². The quantitative estimate of drug-likeness (QED) is 0.414. The Morgan fingerprint density at radius 3 is 2.30 bits per heavy atom. The summed E-state index contributed by atoms with van der Waals surface area (Å²) in [7, 11) is -2.17. The van der Waals surface area contributed by atoms with Gasteiger partial charge in [-0.3, -0.25) is 0 Å². The molecule has 154 valence electrons. The van der Waals surface area contributed by atoms with E-state index in [9.17, 15) is 8.42 Å². The van der Waals surface area contributed by atoms with Gasteiger partial charge < -0.3 is 4.74 Å². The van der Waals surface area contributed by atoms with E-state index in [1.165, 1.54) is 0 Å². The Labute approximate surface area is 181 Å². The fraction of sp³-hybridized carbons (Fsp3) is 0.167. The lowest BCUT2D eigenvalue weighted by Crippen LogP contribution is -2.30. The second-order valence-corrected chi connectivity index (χ2v) is 9.56. The standard InChI is InChI=1S/C24H22ClNO3S/c1-15(2)26-30(27,28)22-13-9-16-6-4-5-7-19(16)24(22)23-20-11-10-18(25)14-17(20)8-12-21(23)29-3/h4-15,26H,1-3H3. The van der Waals surface area contributed by atoms with Gasteiger partial charge in [-0.2, -0.15) is 0 Å². The van der Waals surface area contributed by atoms with E-state index in [1.807, 2.05) is 54.6 Å². The van der Waals surface area contributed by atoms with Crippen LogP contribution in [0.3, 0.4) is 0 Å². The maximum absolute atomic E-state index is 13.3. The fourth-order valence-corrected chi connectivity index (χ4v) is 5.47. The van der Waals surface area contributed by atoms with Gasteiger partial charge in [0.05, 0.1) is 12.0 Å². The summed E-state index contributed by atoms with van der Waals surface area (Å²) in [4.78, 5) is 0.218. The first kappa shape index (κ1) is 20.7. The Morgan fingerprint density at radius 2 is 1.57 bits per heavy atom. The van der Waals surface area contributed by atoms with E-state index >= 15 is 0 Å². The van der Waals surface area contributed by atoms with Crippen LogP contribution in [0.2, 0.25) is 5.02 Å². The van der Waals surface area contributed by atoms with Crippen molar-refractivity contribution < 1.29 is 13.2 Å². The summed E-state index contributed by atoms with van der Waals surface area (Å²) in [5.74, 6) is 0.599. The predicted molar refractivity (Wildman–Crippen MR) is 124 cm³/mol. The van der Waals surface area contributed by atoms with Crippen molar-refractivity contribution in [2.24, 2.45) is 0 Å². The van der Waals surface area contributed by atoms with Gasteiger partial charge in [0.1, 0.15) is 5.75 Å². The van der Waals surface area contributed by atoms with Gasteiger partial charge in [0, 0.05) is 22.2 Å². The molecule has 0 amide bonds. The van der Waals surface area contributed by atoms with Crippen LogP contribution in [0.4, 0.5) is 0 Å². The Bertz CT molecular complexity index is 1360. The molecule has 4 rings (SSSR count). The first-order chi connectivity index (χ1) is 14.3. The Kier molecular flexibility index (Phi) is 5.45. The number of sulfonamides is 1. The Balaban J connectivity index is 2.19. The van der Waals surface area contributed by atoms with E-state index in [4.69, 9.17) is 16.3 Å². The third kappa shape index (κ3) is 3.65. The highest BCUT2D eigenvalue weighted by atomic mass is 35.5. The monoisotopic (exact) mass is 439 g/mol. The maximum atomic E-state index is 13.3. The molecule has 4 aromatic rings. The zero-order valence-corrected chi connectivity index (χ0v) is 18.5. The molecule has 0 spiro atoms. The first-order valence-corrected chi connectivity index (χ1v) is 11.5. The summed E-state index contributed by atoms with van der Waals surface area (Å²) in [5.41, 5.74) is 1.35. The van der Waals surface area contributed by atoms with Gasteiger partial charge in [-0.1, -0.05) is 54.1 Å². The van der Waals surface area contributed by atoms with Crippen molar-refractivity contribution in [2.75, 3.05) is 7.11 Å². The third-order valence-electron chi connectivity index (χ3n) is 4.98.